The zero-order valence-corrected chi connectivity index (χ0v) is 12.2. The third kappa shape index (κ3) is 3.16. The molecular weight excluding hydrogens is 295 g/mol. The number of nitrogens with zero attached hydrogens (tertiary/aromatic N) is 2. The zero-order chi connectivity index (χ0) is 15.6. The number of benzene rings is 1. The number of amides is 1. The topological polar surface area (TPSA) is 101 Å². The molecule has 0 unspecified atom stereocenters. The van der Waals surface area contributed by atoms with Crippen molar-refractivity contribution in [2.24, 2.45) is 10.9 Å². The van der Waals surface area contributed by atoms with Crippen molar-refractivity contribution >= 4 is 28.8 Å². The lowest BCUT2D eigenvalue weighted by Gasteiger charge is -2.07. The van der Waals surface area contributed by atoms with Gasteiger partial charge in [-0.25, -0.2) is 9.37 Å². The summed E-state index contributed by atoms with van der Waals surface area (Å²) in [4.78, 5) is 16.7. The van der Waals surface area contributed by atoms with E-state index in [-0.39, 0.29) is 17.1 Å². The molecule has 110 valence electrons. The van der Waals surface area contributed by atoms with Gasteiger partial charge in [-0.3, -0.25) is 4.79 Å². The highest BCUT2D eigenvalue weighted by Crippen LogP contribution is 2.21. The van der Waals surface area contributed by atoms with Crippen LogP contribution in [0.5, 0.6) is 0 Å². The molecular formula is C13H13FN4O2S. The normalized spacial score (nSPS) is 11.5. The summed E-state index contributed by atoms with van der Waals surface area (Å²) in [5, 5.41) is 14.6. The first kappa shape index (κ1) is 14.9. The molecule has 0 bridgehead atoms. The number of nitrogens with one attached hydrogen (secondary N) is 1. The Kier molecular flexibility index (Phi) is 4.18. The van der Waals surface area contributed by atoms with Crippen LogP contribution in [0.4, 0.5) is 10.1 Å². The van der Waals surface area contributed by atoms with Gasteiger partial charge in [-0.1, -0.05) is 5.16 Å². The molecule has 0 radical (unpaired) electrons. The van der Waals surface area contributed by atoms with E-state index in [9.17, 15) is 9.18 Å². The van der Waals surface area contributed by atoms with Gasteiger partial charge in [0, 0.05) is 5.56 Å². The summed E-state index contributed by atoms with van der Waals surface area (Å²) in [7, 11) is 0. The number of rotatable bonds is 3. The molecule has 0 aliphatic carbocycles. The zero-order valence-electron chi connectivity index (χ0n) is 11.3. The molecule has 2 rings (SSSR count). The number of aromatic nitrogens is 1. The summed E-state index contributed by atoms with van der Waals surface area (Å²) in [6, 6.07) is 3.87. The van der Waals surface area contributed by atoms with Crippen molar-refractivity contribution in [3.05, 3.63) is 45.2 Å². The number of carbonyl (C=O) groups excluding carboxylic acids is 1. The standard InChI is InChI=1S/C13H13FN4O2S/c1-6-11(21-7(2)16-6)13(19)17-10-4-3-8(5-9(10)14)12(15)18-20/h3-5,20H,1-2H3,(H2,15,18)(H,17,19). The van der Waals surface area contributed by atoms with Crippen molar-refractivity contribution in [2.45, 2.75) is 13.8 Å². The Labute approximate surface area is 124 Å². The third-order valence-electron chi connectivity index (χ3n) is 2.73. The van der Waals surface area contributed by atoms with E-state index in [1.165, 1.54) is 23.5 Å². The van der Waals surface area contributed by atoms with E-state index < -0.39 is 11.7 Å². The van der Waals surface area contributed by atoms with Crippen molar-refractivity contribution in [3.63, 3.8) is 0 Å². The lowest BCUT2D eigenvalue weighted by molar-refractivity contribution is 0.102. The molecule has 1 aromatic carbocycles. The Morgan fingerprint density at radius 1 is 1.48 bits per heavy atom. The molecule has 0 atom stereocenters. The number of oxime groups is 1. The van der Waals surface area contributed by atoms with Gasteiger partial charge >= 0.3 is 0 Å². The summed E-state index contributed by atoms with van der Waals surface area (Å²) >= 11 is 1.24. The van der Waals surface area contributed by atoms with Gasteiger partial charge in [0.25, 0.3) is 5.91 Å². The highest BCUT2D eigenvalue weighted by atomic mass is 32.1. The number of aryl methyl sites for hydroxylation is 2. The molecule has 0 spiro atoms. The number of amidine groups is 1. The smallest absolute Gasteiger partial charge is 0.267 e. The molecule has 4 N–H and O–H groups in total. The number of halogens is 1. The number of carbonyl (C=O) groups is 1. The predicted molar refractivity (Wildman–Crippen MR) is 78.5 cm³/mol. The molecule has 1 amide bonds. The minimum Gasteiger partial charge on any atom is -0.409 e. The van der Waals surface area contributed by atoms with Gasteiger partial charge < -0.3 is 16.3 Å². The first-order valence-corrected chi connectivity index (χ1v) is 6.77. The van der Waals surface area contributed by atoms with Gasteiger partial charge in [-0.2, -0.15) is 0 Å². The lowest BCUT2D eigenvalue weighted by atomic mass is 10.2. The largest absolute Gasteiger partial charge is 0.409 e. The fourth-order valence-corrected chi connectivity index (χ4v) is 2.57. The maximum Gasteiger partial charge on any atom is 0.267 e. The van der Waals surface area contributed by atoms with Crippen LogP contribution in [0.15, 0.2) is 23.4 Å². The Balaban J connectivity index is 2.24. The van der Waals surface area contributed by atoms with E-state index in [1.807, 2.05) is 0 Å². The van der Waals surface area contributed by atoms with Crippen molar-refractivity contribution in [1.82, 2.24) is 4.98 Å². The number of hydrogen-bond donors (Lipinski definition) is 3. The molecule has 21 heavy (non-hydrogen) atoms. The summed E-state index contributed by atoms with van der Waals surface area (Å²) in [6.45, 7) is 3.51. The van der Waals surface area contributed by atoms with E-state index in [2.05, 4.69) is 15.5 Å². The van der Waals surface area contributed by atoms with Gasteiger partial charge in [0.1, 0.15) is 10.7 Å². The first-order chi connectivity index (χ1) is 9.92. The summed E-state index contributed by atoms with van der Waals surface area (Å²) in [5.74, 6) is -1.31. The van der Waals surface area contributed by atoms with E-state index in [0.717, 1.165) is 11.1 Å². The third-order valence-corrected chi connectivity index (χ3v) is 3.80. The summed E-state index contributed by atoms with van der Waals surface area (Å²) in [5.41, 5.74) is 6.20. The Hall–Kier alpha value is -2.48. The van der Waals surface area contributed by atoms with Crippen LogP contribution < -0.4 is 11.1 Å². The Bertz CT molecular complexity index is 727. The summed E-state index contributed by atoms with van der Waals surface area (Å²) in [6.07, 6.45) is 0. The van der Waals surface area contributed by atoms with Crippen molar-refractivity contribution < 1.29 is 14.4 Å². The fraction of sp³-hybridized carbons (Fsp3) is 0.154. The van der Waals surface area contributed by atoms with Crippen LogP contribution in [0.1, 0.15) is 25.9 Å². The van der Waals surface area contributed by atoms with Gasteiger partial charge in [0.15, 0.2) is 5.84 Å². The number of anilines is 1. The highest BCUT2D eigenvalue weighted by molar-refractivity contribution is 7.13. The molecule has 0 aliphatic heterocycles. The average molecular weight is 308 g/mol. The second-order valence-electron chi connectivity index (χ2n) is 4.28. The van der Waals surface area contributed by atoms with E-state index in [4.69, 9.17) is 10.9 Å². The number of nitrogens with two attached hydrogens (primary N) is 1. The van der Waals surface area contributed by atoms with Crippen LogP contribution in [0, 0.1) is 19.7 Å². The lowest BCUT2D eigenvalue weighted by Crippen LogP contribution is -2.15. The molecule has 1 heterocycles. The maximum atomic E-state index is 13.9. The van der Waals surface area contributed by atoms with E-state index in [1.54, 1.807) is 13.8 Å². The molecule has 0 saturated carbocycles. The van der Waals surface area contributed by atoms with E-state index >= 15 is 0 Å². The van der Waals surface area contributed by atoms with Crippen LogP contribution in [-0.4, -0.2) is 21.9 Å². The van der Waals surface area contributed by atoms with Crippen LogP contribution in [0.2, 0.25) is 0 Å². The minimum atomic E-state index is -0.675. The molecule has 0 fully saturated rings. The summed E-state index contributed by atoms with van der Waals surface area (Å²) < 4.78 is 13.9. The molecule has 0 saturated heterocycles. The van der Waals surface area contributed by atoms with Crippen LogP contribution >= 0.6 is 11.3 Å². The fourth-order valence-electron chi connectivity index (χ4n) is 1.75. The minimum absolute atomic E-state index is 0.0138. The number of hydrogen-bond acceptors (Lipinski definition) is 5. The monoisotopic (exact) mass is 308 g/mol. The van der Waals surface area contributed by atoms with Gasteiger partial charge in [-0.15, -0.1) is 11.3 Å². The molecule has 0 aliphatic rings. The average Bonchev–Trinajstić information content (AvgIpc) is 2.79. The van der Waals surface area contributed by atoms with Crippen LogP contribution in [0.25, 0.3) is 0 Å². The van der Waals surface area contributed by atoms with Crippen molar-refractivity contribution in [2.75, 3.05) is 5.32 Å². The molecule has 6 nitrogen and oxygen atoms in total. The van der Waals surface area contributed by atoms with Crippen molar-refractivity contribution in [3.8, 4) is 0 Å². The first-order valence-electron chi connectivity index (χ1n) is 5.95. The molecule has 1 aromatic heterocycles. The van der Waals surface area contributed by atoms with E-state index in [0.29, 0.717) is 10.6 Å². The quantitative estimate of drug-likeness (QED) is 0.350. The second kappa shape index (κ2) is 5.88. The predicted octanol–water partition coefficient (Wildman–Crippen LogP) is 2.25. The van der Waals surface area contributed by atoms with Crippen LogP contribution in [-0.2, 0) is 0 Å². The molecule has 2 aromatic rings. The second-order valence-corrected chi connectivity index (χ2v) is 5.48. The Morgan fingerprint density at radius 2 is 2.19 bits per heavy atom. The van der Waals surface area contributed by atoms with Gasteiger partial charge in [0.2, 0.25) is 0 Å². The number of thiazole rings is 1. The van der Waals surface area contributed by atoms with Crippen molar-refractivity contribution in [1.29, 1.82) is 0 Å². The van der Waals surface area contributed by atoms with Gasteiger partial charge in [0.05, 0.1) is 16.4 Å². The highest BCUT2D eigenvalue weighted by Gasteiger charge is 2.16. The van der Waals surface area contributed by atoms with Gasteiger partial charge in [-0.05, 0) is 32.0 Å². The Morgan fingerprint density at radius 3 is 2.71 bits per heavy atom. The maximum absolute atomic E-state index is 13.9. The SMILES string of the molecule is Cc1nc(C)c(C(=O)Nc2ccc(/C(N)=N/O)cc2F)s1. The van der Waals surface area contributed by atoms with Crippen LogP contribution in [0.3, 0.4) is 0 Å². The molecule has 8 heteroatoms.